The Balaban J connectivity index is 1.81. The van der Waals surface area contributed by atoms with Gasteiger partial charge in [-0.3, -0.25) is 4.40 Å². The zero-order chi connectivity index (χ0) is 14.3. The predicted octanol–water partition coefficient (Wildman–Crippen LogP) is 4.07. The molecule has 0 atom stereocenters. The third-order valence-electron chi connectivity index (χ3n) is 3.72. The van der Waals surface area contributed by atoms with Gasteiger partial charge in [-0.2, -0.15) is 13.2 Å². The van der Waals surface area contributed by atoms with Gasteiger partial charge in [-0.1, -0.05) is 15.9 Å². The fourth-order valence-electron chi connectivity index (χ4n) is 2.62. The summed E-state index contributed by atoms with van der Waals surface area (Å²) in [6.45, 7) is 0.823. The Morgan fingerprint density at radius 1 is 1.35 bits per heavy atom. The fraction of sp³-hybridized carbons (Fsp3) is 0.583. The van der Waals surface area contributed by atoms with Crippen LogP contribution in [-0.4, -0.2) is 28.7 Å². The minimum atomic E-state index is -4.07. The molecule has 8 heteroatoms. The van der Waals surface area contributed by atoms with Gasteiger partial charge in [0.05, 0.1) is 11.6 Å². The van der Waals surface area contributed by atoms with Gasteiger partial charge in [0.15, 0.2) is 10.8 Å². The highest BCUT2D eigenvalue weighted by atomic mass is 79.9. The number of anilines is 1. The molecule has 1 aliphatic heterocycles. The van der Waals surface area contributed by atoms with Crippen LogP contribution >= 0.6 is 27.3 Å². The second kappa shape index (κ2) is 5.22. The van der Waals surface area contributed by atoms with Crippen molar-refractivity contribution < 1.29 is 13.2 Å². The molecule has 0 N–H and O–H groups in total. The lowest BCUT2D eigenvalue weighted by atomic mass is 9.96. The number of fused-ring (bicyclic) bond motifs is 1. The van der Waals surface area contributed by atoms with Crippen LogP contribution in [0.5, 0.6) is 0 Å². The van der Waals surface area contributed by atoms with E-state index >= 15 is 0 Å². The molecule has 0 amide bonds. The highest BCUT2D eigenvalue weighted by Crippen LogP contribution is 2.36. The summed E-state index contributed by atoms with van der Waals surface area (Å²) in [7, 11) is 0. The van der Waals surface area contributed by atoms with Gasteiger partial charge in [-0.25, -0.2) is 4.98 Å². The smallest absolute Gasteiger partial charge is 0.355 e. The van der Waals surface area contributed by atoms with Crippen LogP contribution in [0.4, 0.5) is 19.0 Å². The first-order valence-corrected chi connectivity index (χ1v) is 8.33. The first kappa shape index (κ1) is 14.2. The number of hydrogen-bond acceptors (Lipinski definition) is 3. The number of imidazole rings is 1. The minimum Gasteiger partial charge on any atom is -0.355 e. The number of halogens is 4. The van der Waals surface area contributed by atoms with E-state index in [1.54, 1.807) is 0 Å². The van der Waals surface area contributed by atoms with Crippen molar-refractivity contribution in [2.45, 2.75) is 24.3 Å². The van der Waals surface area contributed by atoms with Gasteiger partial charge in [-0.15, -0.1) is 11.3 Å². The molecular weight excluding hydrogens is 355 g/mol. The molecule has 0 radical (unpaired) electrons. The van der Waals surface area contributed by atoms with E-state index in [0.29, 0.717) is 18.4 Å². The standard InChI is InChI=1S/C12H13BrF3N3S/c13-7-9-10(17-11-19(9)5-6-20-11)18-3-1-8(2-4-18)12(14,15)16/h5-6,8H,1-4,7H2. The van der Waals surface area contributed by atoms with Gasteiger partial charge >= 0.3 is 6.18 Å². The average Bonchev–Trinajstić information content (AvgIpc) is 2.97. The summed E-state index contributed by atoms with van der Waals surface area (Å²) in [6.07, 6.45) is -1.83. The van der Waals surface area contributed by atoms with Crippen LogP contribution in [0.1, 0.15) is 18.5 Å². The molecule has 0 aromatic carbocycles. The number of aromatic nitrogens is 2. The van der Waals surface area contributed by atoms with Gasteiger partial charge in [0.2, 0.25) is 0 Å². The molecule has 110 valence electrons. The lowest BCUT2D eigenvalue weighted by molar-refractivity contribution is -0.179. The summed E-state index contributed by atoms with van der Waals surface area (Å²) in [5.74, 6) is -0.357. The maximum absolute atomic E-state index is 12.7. The number of nitrogens with zero attached hydrogens (tertiary/aromatic N) is 3. The summed E-state index contributed by atoms with van der Waals surface area (Å²) in [5, 5.41) is 2.59. The van der Waals surface area contributed by atoms with E-state index < -0.39 is 12.1 Å². The van der Waals surface area contributed by atoms with E-state index in [4.69, 9.17) is 0 Å². The Bertz CT molecular complexity index is 599. The molecule has 3 rings (SSSR count). The maximum Gasteiger partial charge on any atom is 0.391 e. The molecule has 2 aromatic heterocycles. The topological polar surface area (TPSA) is 20.5 Å². The molecule has 0 unspecified atom stereocenters. The van der Waals surface area contributed by atoms with Crippen LogP contribution < -0.4 is 4.90 Å². The Kier molecular flexibility index (Phi) is 3.70. The largest absolute Gasteiger partial charge is 0.391 e. The van der Waals surface area contributed by atoms with Crippen LogP contribution in [-0.2, 0) is 5.33 Å². The summed E-state index contributed by atoms with van der Waals surface area (Å²) >= 11 is 4.97. The van der Waals surface area contributed by atoms with Crippen molar-refractivity contribution >= 4 is 38.0 Å². The molecule has 2 aromatic rings. The van der Waals surface area contributed by atoms with Crippen LogP contribution in [0.25, 0.3) is 4.96 Å². The molecule has 0 spiro atoms. The van der Waals surface area contributed by atoms with Gasteiger partial charge in [0.1, 0.15) is 0 Å². The summed E-state index contributed by atoms with van der Waals surface area (Å²) in [4.78, 5) is 7.40. The summed E-state index contributed by atoms with van der Waals surface area (Å²) in [5.41, 5.74) is 1.01. The minimum absolute atomic E-state index is 0.149. The molecule has 0 bridgehead atoms. The molecule has 1 fully saturated rings. The monoisotopic (exact) mass is 367 g/mol. The van der Waals surface area contributed by atoms with Crippen molar-refractivity contribution in [3.63, 3.8) is 0 Å². The van der Waals surface area contributed by atoms with Gasteiger partial charge in [0.25, 0.3) is 0 Å². The van der Waals surface area contributed by atoms with E-state index in [-0.39, 0.29) is 12.8 Å². The Hall–Kier alpha value is -0.760. The summed E-state index contributed by atoms with van der Waals surface area (Å²) < 4.78 is 40.1. The number of piperidine rings is 1. The van der Waals surface area contributed by atoms with E-state index in [9.17, 15) is 13.2 Å². The van der Waals surface area contributed by atoms with Crippen molar-refractivity contribution in [3.8, 4) is 0 Å². The second-order valence-corrected chi connectivity index (χ2v) is 6.31. The Morgan fingerprint density at radius 2 is 2.05 bits per heavy atom. The fourth-order valence-corrected chi connectivity index (χ4v) is 3.87. The van der Waals surface area contributed by atoms with E-state index in [1.165, 1.54) is 11.3 Å². The quantitative estimate of drug-likeness (QED) is 0.745. The average molecular weight is 368 g/mol. The van der Waals surface area contributed by atoms with E-state index in [0.717, 1.165) is 16.5 Å². The number of thiazole rings is 1. The number of rotatable bonds is 2. The zero-order valence-corrected chi connectivity index (χ0v) is 12.9. The van der Waals surface area contributed by atoms with Crippen molar-refractivity contribution in [2.24, 2.45) is 5.92 Å². The lowest BCUT2D eigenvalue weighted by Gasteiger charge is -2.33. The van der Waals surface area contributed by atoms with Crippen molar-refractivity contribution in [2.75, 3.05) is 18.0 Å². The van der Waals surface area contributed by atoms with Gasteiger partial charge < -0.3 is 4.90 Å². The van der Waals surface area contributed by atoms with Crippen LogP contribution in [0.2, 0.25) is 0 Å². The Morgan fingerprint density at radius 3 is 2.65 bits per heavy atom. The van der Waals surface area contributed by atoms with Crippen molar-refractivity contribution in [1.82, 2.24) is 9.38 Å². The Labute approximate surface area is 126 Å². The molecule has 3 heterocycles. The highest BCUT2D eigenvalue weighted by Gasteiger charge is 2.41. The van der Waals surface area contributed by atoms with Gasteiger partial charge in [-0.05, 0) is 12.8 Å². The summed E-state index contributed by atoms with van der Waals surface area (Å²) in [6, 6.07) is 0. The zero-order valence-electron chi connectivity index (χ0n) is 10.5. The second-order valence-electron chi connectivity index (χ2n) is 4.87. The highest BCUT2D eigenvalue weighted by molar-refractivity contribution is 9.08. The number of hydrogen-bond donors (Lipinski definition) is 0. The lowest BCUT2D eigenvalue weighted by Crippen LogP contribution is -2.39. The molecule has 0 aliphatic carbocycles. The van der Waals surface area contributed by atoms with Crippen LogP contribution in [0.3, 0.4) is 0 Å². The van der Waals surface area contributed by atoms with Crippen LogP contribution in [0, 0.1) is 5.92 Å². The molecule has 3 nitrogen and oxygen atoms in total. The first-order chi connectivity index (χ1) is 9.50. The molecule has 20 heavy (non-hydrogen) atoms. The van der Waals surface area contributed by atoms with Crippen LogP contribution in [0.15, 0.2) is 11.6 Å². The molecule has 1 saturated heterocycles. The van der Waals surface area contributed by atoms with Crippen molar-refractivity contribution in [1.29, 1.82) is 0 Å². The maximum atomic E-state index is 12.7. The third kappa shape index (κ3) is 2.43. The third-order valence-corrected chi connectivity index (χ3v) is 5.01. The van der Waals surface area contributed by atoms with E-state index in [1.807, 2.05) is 20.9 Å². The molecule has 1 aliphatic rings. The van der Waals surface area contributed by atoms with Crippen molar-refractivity contribution in [3.05, 3.63) is 17.3 Å². The van der Waals surface area contributed by atoms with E-state index in [2.05, 4.69) is 20.9 Å². The van der Waals surface area contributed by atoms with Gasteiger partial charge in [0, 0.05) is 30.0 Å². The first-order valence-electron chi connectivity index (χ1n) is 6.32. The molecule has 0 saturated carbocycles. The predicted molar refractivity (Wildman–Crippen MR) is 76.7 cm³/mol. The normalized spacial score (nSPS) is 18.1. The number of alkyl halides is 4. The SMILES string of the molecule is FC(F)(F)C1CCN(c2nc3sccn3c2CBr)CC1. The molecular formula is C12H13BrF3N3S.